The van der Waals surface area contributed by atoms with Gasteiger partial charge in [-0.1, -0.05) is 29.8 Å². The highest BCUT2D eigenvalue weighted by Crippen LogP contribution is 2.31. The minimum Gasteiger partial charge on any atom is -0.321 e. The fourth-order valence-electron chi connectivity index (χ4n) is 3.35. The van der Waals surface area contributed by atoms with E-state index in [9.17, 15) is 18.0 Å². The zero-order chi connectivity index (χ0) is 23.8. The molecule has 168 valence electrons. The molecule has 1 heterocycles. The molecule has 1 N–H and O–H groups in total. The average molecular weight is 479 g/mol. The molecule has 0 fully saturated rings. The van der Waals surface area contributed by atoms with Crippen LogP contribution in [0, 0.1) is 6.92 Å². The lowest BCUT2D eigenvalue weighted by Crippen LogP contribution is -2.26. The summed E-state index contributed by atoms with van der Waals surface area (Å²) < 4.78 is 28.1. The summed E-state index contributed by atoms with van der Waals surface area (Å²) in [5.74, 6) is -0.371. The molecule has 0 radical (unpaired) electrons. The molecule has 0 aliphatic rings. The van der Waals surface area contributed by atoms with E-state index in [0.717, 1.165) is 15.6 Å². The van der Waals surface area contributed by atoms with Crippen molar-refractivity contribution >= 4 is 54.5 Å². The molecule has 0 aliphatic heterocycles. The first kappa shape index (κ1) is 22.7. The molecule has 3 aromatic carbocycles. The fourth-order valence-corrected chi connectivity index (χ4v) is 5.48. The van der Waals surface area contributed by atoms with Gasteiger partial charge in [-0.3, -0.25) is 13.9 Å². The number of amides is 1. The third-order valence-corrected chi connectivity index (χ3v) is 8.21. The molecule has 0 atom stereocenters. The van der Waals surface area contributed by atoms with Crippen molar-refractivity contribution in [3.05, 3.63) is 88.8 Å². The number of rotatable bonds is 6. The fraction of sp³-hybridized carbons (Fsp3) is 0.120. The molecule has 4 aromatic rings. The van der Waals surface area contributed by atoms with Crippen LogP contribution in [0.15, 0.2) is 77.7 Å². The minimum atomic E-state index is -3.71. The zero-order valence-electron chi connectivity index (χ0n) is 18.3. The molecule has 1 aromatic heterocycles. The summed E-state index contributed by atoms with van der Waals surface area (Å²) in [7, 11) is -2.20. The molecular formula is C25H22N2O4S2. The second kappa shape index (κ2) is 8.80. The second-order valence-corrected chi connectivity index (χ2v) is 10.8. The predicted molar refractivity (Wildman–Crippen MR) is 133 cm³/mol. The van der Waals surface area contributed by atoms with E-state index in [1.54, 1.807) is 66.7 Å². The van der Waals surface area contributed by atoms with Crippen molar-refractivity contribution in [1.82, 2.24) is 0 Å². The maximum absolute atomic E-state index is 13.0. The normalized spacial score (nSPS) is 11.4. The topological polar surface area (TPSA) is 83.6 Å². The number of nitrogens with one attached hydrogen (secondary N) is 1. The largest absolute Gasteiger partial charge is 0.321 e. The van der Waals surface area contributed by atoms with E-state index in [4.69, 9.17) is 0 Å². The SMILES string of the molecule is CC(=O)c1cccc(NC(=O)c2cc3cc(N(C)S(=O)(=O)c4ccc(C)cc4)ccc3s2)c1. The van der Waals surface area contributed by atoms with Crippen LogP contribution in [0.4, 0.5) is 11.4 Å². The summed E-state index contributed by atoms with van der Waals surface area (Å²) in [4.78, 5) is 25.0. The number of benzene rings is 3. The van der Waals surface area contributed by atoms with Gasteiger partial charge in [0.25, 0.3) is 15.9 Å². The first-order chi connectivity index (χ1) is 15.6. The van der Waals surface area contributed by atoms with Gasteiger partial charge in [0.1, 0.15) is 0 Å². The Morgan fingerprint density at radius 3 is 2.36 bits per heavy atom. The van der Waals surface area contributed by atoms with Crippen molar-refractivity contribution in [2.45, 2.75) is 18.7 Å². The number of nitrogens with zero attached hydrogens (tertiary/aromatic N) is 1. The lowest BCUT2D eigenvalue weighted by Gasteiger charge is -2.19. The van der Waals surface area contributed by atoms with Gasteiger partial charge in [0.15, 0.2) is 5.78 Å². The molecule has 0 saturated carbocycles. The summed E-state index contributed by atoms with van der Waals surface area (Å²) in [5, 5.41) is 3.58. The van der Waals surface area contributed by atoms with Crippen LogP contribution in [-0.4, -0.2) is 27.2 Å². The van der Waals surface area contributed by atoms with E-state index >= 15 is 0 Å². The summed E-state index contributed by atoms with van der Waals surface area (Å²) in [6.45, 7) is 3.37. The van der Waals surface area contributed by atoms with Crippen LogP contribution in [0.25, 0.3) is 10.1 Å². The van der Waals surface area contributed by atoms with Crippen LogP contribution in [-0.2, 0) is 10.0 Å². The molecule has 33 heavy (non-hydrogen) atoms. The van der Waals surface area contributed by atoms with Crippen LogP contribution in [0.1, 0.15) is 32.5 Å². The summed E-state index contributed by atoms with van der Waals surface area (Å²) in [5.41, 5.74) is 2.54. The van der Waals surface area contributed by atoms with E-state index < -0.39 is 10.0 Å². The quantitative estimate of drug-likeness (QED) is 0.372. The number of hydrogen-bond acceptors (Lipinski definition) is 5. The van der Waals surface area contributed by atoms with Crippen molar-refractivity contribution in [2.75, 3.05) is 16.7 Å². The predicted octanol–water partition coefficient (Wildman–Crippen LogP) is 5.49. The molecule has 0 unspecified atom stereocenters. The number of carbonyl (C=O) groups excluding carboxylic acids is 2. The van der Waals surface area contributed by atoms with Crippen molar-refractivity contribution in [1.29, 1.82) is 0 Å². The van der Waals surface area contributed by atoms with Gasteiger partial charge < -0.3 is 5.32 Å². The highest BCUT2D eigenvalue weighted by atomic mass is 32.2. The monoisotopic (exact) mass is 478 g/mol. The van der Waals surface area contributed by atoms with Crippen LogP contribution >= 0.6 is 11.3 Å². The highest BCUT2D eigenvalue weighted by molar-refractivity contribution is 7.92. The van der Waals surface area contributed by atoms with Gasteiger partial charge in [-0.2, -0.15) is 0 Å². The number of carbonyl (C=O) groups is 2. The number of thiophene rings is 1. The summed E-state index contributed by atoms with van der Waals surface area (Å²) >= 11 is 1.31. The van der Waals surface area contributed by atoms with E-state index in [2.05, 4.69) is 5.32 Å². The smallest absolute Gasteiger partial charge is 0.265 e. The van der Waals surface area contributed by atoms with E-state index in [1.807, 2.05) is 13.0 Å². The van der Waals surface area contributed by atoms with Crippen LogP contribution in [0.2, 0.25) is 0 Å². The minimum absolute atomic E-state index is 0.0785. The second-order valence-electron chi connectivity index (χ2n) is 7.71. The first-order valence-corrected chi connectivity index (χ1v) is 12.4. The van der Waals surface area contributed by atoms with Crippen molar-refractivity contribution < 1.29 is 18.0 Å². The van der Waals surface area contributed by atoms with E-state index in [0.29, 0.717) is 21.8 Å². The van der Waals surface area contributed by atoms with Gasteiger partial charge in [-0.25, -0.2) is 8.42 Å². The molecule has 0 bridgehead atoms. The Kier molecular flexibility index (Phi) is 6.05. The number of aryl methyl sites for hydroxylation is 1. The van der Waals surface area contributed by atoms with Crippen LogP contribution in [0.5, 0.6) is 0 Å². The lowest BCUT2D eigenvalue weighted by molar-refractivity contribution is 0.101. The standard InChI is InChI=1S/C25H22N2O4S2/c1-16-7-10-22(11-8-16)33(30,31)27(3)21-9-12-23-19(14-21)15-24(32-23)25(29)26-20-6-4-5-18(13-20)17(2)28/h4-15H,1-3H3,(H,26,29). The lowest BCUT2D eigenvalue weighted by atomic mass is 10.1. The van der Waals surface area contributed by atoms with Gasteiger partial charge in [-0.05, 0) is 67.8 Å². The molecule has 0 spiro atoms. The molecule has 4 rings (SSSR count). The molecular weight excluding hydrogens is 456 g/mol. The van der Waals surface area contributed by atoms with Crippen molar-refractivity contribution in [3.63, 3.8) is 0 Å². The third kappa shape index (κ3) is 4.67. The number of ketones is 1. The molecule has 0 aliphatic carbocycles. The van der Waals surface area contributed by atoms with E-state index in [1.165, 1.54) is 29.6 Å². The first-order valence-electron chi connectivity index (χ1n) is 10.2. The van der Waals surface area contributed by atoms with Crippen molar-refractivity contribution in [3.8, 4) is 0 Å². The number of Topliss-reactive ketones (excluding diaryl/α,β-unsaturated/α-hetero) is 1. The maximum Gasteiger partial charge on any atom is 0.265 e. The number of fused-ring (bicyclic) bond motifs is 1. The van der Waals surface area contributed by atoms with Gasteiger partial charge >= 0.3 is 0 Å². The van der Waals surface area contributed by atoms with Gasteiger partial charge in [0.05, 0.1) is 15.5 Å². The number of sulfonamides is 1. The van der Waals surface area contributed by atoms with Gasteiger partial charge in [-0.15, -0.1) is 11.3 Å². The third-order valence-electron chi connectivity index (χ3n) is 5.29. The number of hydrogen-bond donors (Lipinski definition) is 1. The van der Waals surface area contributed by atoms with Gasteiger partial charge in [0, 0.05) is 23.0 Å². The average Bonchev–Trinajstić information content (AvgIpc) is 3.22. The van der Waals surface area contributed by atoms with E-state index in [-0.39, 0.29) is 16.6 Å². The molecule has 1 amide bonds. The number of anilines is 2. The van der Waals surface area contributed by atoms with Crippen LogP contribution in [0.3, 0.4) is 0 Å². The Labute approximate surface area is 196 Å². The Morgan fingerprint density at radius 2 is 1.67 bits per heavy atom. The van der Waals surface area contributed by atoms with Crippen molar-refractivity contribution in [2.24, 2.45) is 0 Å². The van der Waals surface area contributed by atoms with Crippen LogP contribution < -0.4 is 9.62 Å². The Balaban J connectivity index is 1.59. The Hall–Kier alpha value is -3.49. The Bertz CT molecular complexity index is 1470. The molecule has 8 heteroatoms. The Morgan fingerprint density at radius 1 is 0.939 bits per heavy atom. The summed E-state index contributed by atoms with van der Waals surface area (Å²) in [6.07, 6.45) is 0. The zero-order valence-corrected chi connectivity index (χ0v) is 20.0. The molecule has 0 saturated heterocycles. The van der Waals surface area contributed by atoms with Gasteiger partial charge in [0.2, 0.25) is 0 Å². The maximum atomic E-state index is 13.0. The highest BCUT2D eigenvalue weighted by Gasteiger charge is 2.22. The summed E-state index contributed by atoms with van der Waals surface area (Å²) in [6, 6.07) is 20.5. The molecule has 6 nitrogen and oxygen atoms in total.